The first-order valence-electron chi connectivity index (χ1n) is 7.97. The second-order valence-electron chi connectivity index (χ2n) is 7.58. The van der Waals surface area contributed by atoms with E-state index in [1.165, 1.54) is 45.2 Å². The second kappa shape index (κ2) is 6.11. The highest BCUT2D eigenvalue weighted by Gasteiger charge is 2.38. The van der Waals surface area contributed by atoms with E-state index >= 15 is 0 Å². The van der Waals surface area contributed by atoms with Crippen molar-refractivity contribution in [1.82, 2.24) is 9.80 Å². The Kier molecular flexibility index (Phi) is 4.91. The Hall–Kier alpha value is -0.120. The molecular weight excluding hydrogens is 236 g/mol. The lowest BCUT2D eigenvalue weighted by Crippen LogP contribution is -2.48. The van der Waals surface area contributed by atoms with E-state index in [2.05, 4.69) is 37.7 Å². The van der Waals surface area contributed by atoms with Gasteiger partial charge in [0.2, 0.25) is 0 Å². The molecule has 0 aromatic heterocycles. The van der Waals surface area contributed by atoms with Crippen LogP contribution in [0.1, 0.15) is 46.0 Å². The summed E-state index contributed by atoms with van der Waals surface area (Å²) < 4.78 is 0. The first kappa shape index (κ1) is 15.3. The van der Waals surface area contributed by atoms with Crippen molar-refractivity contribution in [3.63, 3.8) is 0 Å². The Morgan fingerprint density at radius 2 is 1.79 bits per heavy atom. The number of likely N-dealkylation sites (tertiary alicyclic amines) is 1. The zero-order valence-corrected chi connectivity index (χ0v) is 13.2. The number of piperidine rings is 1. The summed E-state index contributed by atoms with van der Waals surface area (Å²) in [6, 6.07) is 0.754. The van der Waals surface area contributed by atoms with Gasteiger partial charge in [-0.1, -0.05) is 20.3 Å². The number of rotatable bonds is 3. The fourth-order valence-electron chi connectivity index (χ4n) is 3.90. The summed E-state index contributed by atoms with van der Waals surface area (Å²) in [4.78, 5) is 4.94. The molecule has 1 saturated carbocycles. The standard InChI is InChI=1S/C16H32N2O/c1-16(2)9-5-6-13(15(16)19)12-18-10-7-14(8-11-18)17(3)4/h13-15,19H,5-12H2,1-4H3. The van der Waals surface area contributed by atoms with Crippen molar-refractivity contribution in [2.24, 2.45) is 11.3 Å². The molecule has 0 bridgehead atoms. The summed E-state index contributed by atoms with van der Waals surface area (Å²) >= 11 is 0. The van der Waals surface area contributed by atoms with Gasteiger partial charge < -0.3 is 14.9 Å². The van der Waals surface area contributed by atoms with Crippen molar-refractivity contribution in [2.45, 2.75) is 58.1 Å². The molecule has 2 unspecified atom stereocenters. The third-order valence-corrected chi connectivity index (χ3v) is 5.42. The minimum absolute atomic E-state index is 0.116. The van der Waals surface area contributed by atoms with Crippen LogP contribution < -0.4 is 0 Å². The van der Waals surface area contributed by atoms with Crippen LogP contribution in [0.4, 0.5) is 0 Å². The van der Waals surface area contributed by atoms with E-state index in [4.69, 9.17) is 0 Å². The van der Waals surface area contributed by atoms with Gasteiger partial charge in [-0.3, -0.25) is 0 Å². The number of nitrogens with zero attached hydrogens (tertiary/aromatic N) is 2. The van der Waals surface area contributed by atoms with Gasteiger partial charge in [0.05, 0.1) is 6.10 Å². The van der Waals surface area contributed by atoms with E-state index in [-0.39, 0.29) is 11.5 Å². The lowest BCUT2D eigenvalue weighted by atomic mass is 9.69. The van der Waals surface area contributed by atoms with Gasteiger partial charge >= 0.3 is 0 Å². The molecule has 3 nitrogen and oxygen atoms in total. The summed E-state index contributed by atoms with van der Waals surface area (Å²) in [7, 11) is 4.38. The van der Waals surface area contributed by atoms with Crippen molar-refractivity contribution < 1.29 is 5.11 Å². The summed E-state index contributed by atoms with van der Waals surface area (Å²) in [6.45, 7) is 7.95. The van der Waals surface area contributed by atoms with Crippen LogP contribution in [0.25, 0.3) is 0 Å². The van der Waals surface area contributed by atoms with Crippen molar-refractivity contribution in [3.05, 3.63) is 0 Å². The third-order valence-electron chi connectivity index (χ3n) is 5.42. The van der Waals surface area contributed by atoms with Crippen LogP contribution in [0.3, 0.4) is 0 Å². The predicted octanol–water partition coefficient (Wildman–Crippen LogP) is 2.20. The molecule has 2 fully saturated rings. The summed E-state index contributed by atoms with van der Waals surface area (Å²) in [5.74, 6) is 0.486. The molecule has 1 aliphatic heterocycles. The van der Waals surface area contributed by atoms with Crippen molar-refractivity contribution in [1.29, 1.82) is 0 Å². The van der Waals surface area contributed by atoms with E-state index in [0.29, 0.717) is 5.92 Å². The van der Waals surface area contributed by atoms with Gasteiger partial charge in [-0.15, -0.1) is 0 Å². The molecule has 0 amide bonds. The van der Waals surface area contributed by atoms with Gasteiger partial charge in [0.1, 0.15) is 0 Å². The van der Waals surface area contributed by atoms with Gasteiger partial charge in [-0.25, -0.2) is 0 Å². The molecule has 1 saturated heterocycles. The molecule has 0 aromatic carbocycles. The van der Waals surface area contributed by atoms with Gasteiger partial charge in [0.25, 0.3) is 0 Å². The van der Waals surface area contributed by atoms with E-state index in [0.717, 1.165) is 12.6 Å². The molecule has 1 aliphatic carbocycles. The van der Waals surface area contributed by atoms with E-state index in [9.17, 15) is 5.11 Å². The highest BCUT2D eigenvalue weighted by atomic mass is 16.3. The highest BCUT2D eigenvalue weighted by molar-refractivity contribution is 4.90. The Labute approximate surface area is 119 Å². The maximum absolute atomic E-state index is 10.5. The fourth-order valence-corrected chi connectivity index (χ4v) is 3.90. The molecule has 2 rings (SSSR count). The van der Waals surface area contributed by atoms with Gasteiger partial charge in [0, 0.05) is 12.6 Å². The maximum atomic E-state index is 10.5. The van der Waals surface area contributed by atoms with Crippen LogP contribution in [0.2, 0.25) is 0 Å². The smallest absolute Gasteiger partial charge is 0.0631 e. The number of hydrogen-bond acceptors (Lipinski definition) is 3. The molecule has 19 heavy (non-hydrogen) atoms. The van der Waals surface area contributed by atoms with Crippen LogP contribution in [0.5, 0.6) is 0 Å². The summed E-state index contributed by atoms with van der Waals surface area (Å²) in [5.41, 5.74) is 0.116. The molecule has 112 valence electrons. The zero-order valence-electron chi connectivity index (χ0n) is 13.2. The van der Waals surface area contributed by atoms with Crippen LogP contribution in [0, 0.1) is 11.3 Å². The van der Waals surface area contributed by atoms with Crippen molar-refractivity contribution >= 4 is 0 Å². The number of hydrogen-bond donors (Lipinski definition) is 1. The first-order chi connectivity index (χ1) is 8.90. The highest BCUT2D eigenvalue weighted by Crippen LogP contribution is 2.39. The molecule has 2 aliphatic rings. The van der Waals surface area contributed by atoms with E-state index < -0.39 is 0 Å². The lowest BCUT2D eigenvalue weighted by Gasteiger charge is -2.44. The maximum Gasteiger partial charge on any atom is 0.0631 e. The molecular formula is C16H32N2O. The number of aliphatic hydroxyl groups excluding tert-OH is 1. The molecule has 1 N–H and O–H groups in total. The third kappa shape index (κ3) is 3.71. The van der Waals surface area contributed by atoms with Crippen LogP contribution in [-0.4, -0.2) is 60.8 Å². The fraction of sp³-hybridized carbons (Fsp3) is 1.00. The lowest BCUT2D eigenvalue weighted by molar-refractivity contribution is -0.0458. The van der Waals surface area contributed by atoms with Crippen LogP contribution in [0.15, 0.2) is 0 Å². The van der Waals surface area contributed by atoms with Crippen molar-refractivity contribution in [2.75, 3.05) is 33.7 Å². The molecule has 0 radical (unpaired) electrons. The Morgan fingerprint density at radius 1 is 1.16 bits per heavy atom. The molecule has 3 heteroatoms. The van der Waals surface area contributed by atoms with Crippen molar-refractivity contribution in [3.8, 4) is 0 Å². The quantitative estimate of drug-likeness (QED) is 0.850. The Morgan fingerprint density at radius 3 is 2.37 bits per heavy atom. The Balaban J connectivity index is 1.82. The van der Waals surface area contributed by atoms with Gasteiger partial charge in [-0.05, 0) is 64.2 Å². The minimum Gasteiger partial charge on any atom is -0.392 e. The topological polar surface area (TPSA) is 26.7 Å². The zero-order chi connectivity index (χ0) is 14.0. The normalized spacial score (nSPS) is 33.8. The average molecular weight is 268 g/mol. The minimum atomic E-state index is -0.118. The van der Waals surface area contributed by atoms with Crippen LogP contribution >= 0.6 is 0 Å². The van der Waals surface area contributed by atoms with Gasteiger partial charge in [0.15, 0.2) is 0 Å². The Bertz CT molecular complexity index is 282. The van der Waals surface area contributed by atoms with E-state index in [1.54, 1.807) is 0 Å². The van der Waals surface area contributed by atoms with E-state index in [1.807, 2.05) is 0 Å². The van der Waals surface area contributed by atoms with Gasteiger partial charge in [-0.2, -0.15) is 0 Å². The SMILES string of the molecule is CN(C)C1CCN(CC2CCCC(C)(C)C2O)CC1. The summed E-state index contributed by atoms with van der Waals surface area (Å²) in [5, 5.41) is 10.5. The number of aliphatic hydroxyl groups is 1. The largest absolute Gasteiger partial charge is 0.392 e. The molecule has 0 aromatic rings. The van der Waals surface area contributed by atoms with Crippen LogP contribution in [-0.2, 0) is 0 Å². The molecule has 1 heterocycles. The molecule has 2 atom stereocenters. The summed E-state index contributed by atoms with van der Waals surface area (Å²) in [6.07, 6.45) is 6.10. The molecule has 0 spiro atoms. The first-order valence-corrected chi connectivity index (χ1v) is 7.97. The average Bonchev–Trinajstić information content (AvgIpc) is 2.35. The second-order valence-corrected chi connectivity index (χ2v) is 7.58. The predicted molar refractivity (Wildman–Crippen MR) is 80.3 cm³/mol. The monoisotopic (exact) mass is 268 g/mol.